The molecule has 2 heterocycles. The summed E-state index contributed by atoms with van der Waals surface area (Å²) in [5, 5.41) is 10.6. The number of aliphatic hydroxyl groups is 1. The molecule has 0 radical (unpaired) electrons. The van der Waals surface area contributed by atoms with Crippen molar-refractivity contribution >= 4 is 5.91 Å². The van der Waals surface area contributed by atoms with Gasteiger partial charge in [-0.15, -0.1) is 0 Å². The summed E-state index contributed by atoms with van der Waals surface area (Å²) in [5.41, 5.74) is 5.52. The molecule has 4 heteroatoms. The van der Waals surface area contributed by atoms with Crippen LogP contribution in [0.1, 0.15) is 42.9 Å². The van der Waals surface area contributed by atoms with Gasteiger partial charge in [0.15, 0.2) is 0 Å². The minimum Gasteiger partial charge on any atom is -0.393 e. The predicted molar refractivity (Wildman–Crippen MR) is 112 cm³/mol. The average Bonchev–Trinajstić information content (AvgIpc) is 2.83. The van der Waals surface area contributed by atoms with E-state index in [1.807, 2.05) is 4.90 Å². The van der Waals surface area contributed by atoms with Crippen molar-refractivity contribution in [1.82, 2.24) is 9.80 Å². The lowest BCUT2D eigenvalue weighted by atomic mass is 9.88. The first-order valence-corrected chi connectivity index (χ1v) is 10.8. The Kier molecular flexibility index (Phi) is 5.86. The number of likely N-dealkylation sites (tertiary alicyclic amines) is 1. The minimum absolute atomic E-state index is 0.173. The Labute approximate surface area is 168 Å². The van der Waals surface area contributed by atoms with Crippen LogP contribution in [0.2, 0.25) is 0 Å². The number of amides is 1. The van der Waals surface area contributed by atoms with Gasteiger partial charge in [0.1, 0.15) is 0 Å². The molecule has 1 atom stereocenters. The van der Waals surface area contributed by atoms with Crippen LogP contribution in [-0.4, -0.2) is 53.1 Å². The number of carbonyl (C=O) groups is 1. The number of allylic oxidation sites excluding steroid dienone is 3. The third-order valence-corrected chi connectivity index (χ3v) is 6.61. The van der Waals surface area contributed by atoms with Crippen molar-refractivity contribution in [3.8, 4) is 0 Å². The molecule has 0 saturated carbocycles. The van der Waals surface area contributed by atoms with Crippen LogP contribution in [0.4, 0.5) is 0 Å². The monoisotopic (exact) mass is 380 g/mol. The zero-order valence-corrected chi connectivity index (χ0v) is 16.9. The third kappa shape index (κ3) is 4.49. The second kappa shape index (κ2) is 8.52. The number of rotatable bonds is 5. The first-order chi connectivity index (χ1) is 13.6. The van der Waals surface area contributed by atoms with Crippen molar-refractivity contribution < 1.29 is 9.90 Å². The number of hydrogen-bond donors (Lipinski definition) is 1. The van der Waals surface area contributed by atoms with Crippen LogP contribution in [0.25, 0.3) is 0 Å². The lowest BCUT2D eigenvalue weighted by Crippen LogP contribution is -2.37. The molecule has 150 valence electrons. The van der Waals surface area contributed by atoms with Crippen LogP contribution in [0.5, 0.6) is 0 Å². The van der Waals surface area contributed by atoms with Gasteiger partial charge in [0.25, 0.3) is 0 Å². The highest BCUT2D eigenvalue weighted by molar-refractivity contribution is 5.73. The Morgan fingerprint density at radius 1 is 1.14 bits per heavy atom. The molecule has 28 heavy (non-hydrogen) atoms. The summed E-state index contributed by atoms with van der Waals surface area (Å²) >= 11 is 0. The maximum Gasteiger partial charge on any atom is 0.219 e. The van der Waals surface area contributed by atoms with Gasteiger partial charge in [0.2, 0.25) is 5.91 Å². The standard InChI is InChI=1S/C24H32N2O2/c1-18(27)25-11-7-19(8-12-25)16-24(28)17-20-5-6-21-9-13-26(23-3-2-4-23)14-10-22(21)15-20/h2-6,15,19,24,28H,7-14,16-17H2,1H3. The van der Waals surface area contributed by atoms with E-state index in [4.69, 9.17) is 0 Å². The van der Waals surface area contributed by atoms with Gasteiger partial charge in [-0.3, -0.25) is 4.79 Å². The van der Waals surface area contributed by atoms with Crippen molar-refractivity contribution in [3.63, 3.8) is 0 Å². The molecule has 1 N–H and O–H groups in total. The molecule has 1 unspecified atom stereocenters. The number of carbonyl (C=O) groups excluding carboxylic acids is 1. The molecule has 4 rings (SSSR count). The molecule has 0 aromatic heterocycles. The Morgan fingerprint density at radius 3 is 2.50 bits per heavy atom. The molecule has 1 fully saturated rings. The zero-order valence-electron chi connectivity index (χ0n) is 16.9. The highest BCUT2D eigenvalue weighted by Gasteiger charge is 2.23. The summed E-state index contributed by atoms with van der Waals surface area (Å²) in [6, 6.07) is 6.81. The molecule has 1 saturated heterocycles. The number of hydrogen-bond acceptors (Lipinski definition) is 3. The van der Waals surface area contributed by atoms with Gasteiger partial charge in [-0.25, -0.2) is 0 Å². The van der Waals surface area contributed by atoms with E-state index < -0.39 is 0 Å². The summed E-state index contributed by atoms with van der Waals surface area (Å²) in [5.74, 6) is 0.705. The summed E-state index contributed by atoms with van der Waals surface area (Å²) in [7, 11) is 0. The summed E-state index contributed by atoms with van der Waals surface area (Å²) in [4.78, 5) is 15.9. The molecule has 3 aliphatic rings. The van der Waals surface area contributed by atoms with E-state index in [-0.39, 0.29) is 12.0 Å². The molecule has 2 aliphatic heterocycles. The Morgan fingerprint density at radius 2 is 1.86 bits per heavy atom. The highest BCUT2D eigenvalue weighted by Crippen LogP contribution is 2.25. The number of piperidine rings is 1. The minimum atomic E-state index is -0.292. The Bertz CT molecular complexity index is 775. The molecule has 1 aromatic rings. The Hall–Kier alpha value is -2.07. The fraction of sp³-hybridized carbons (Fsp3) is 0.542. The van der Waals surface area contributed by atoms with Crippen molar-refractivity contribution in [3.05, 3.63) is 58.8 Å². The van der Waals surface area contributed by atoms with Gasteiger partial charge >= 0.3 is 0 Å². The molecule has 1 amide bonds. The van der Waals surface area contributed by atoms with Gasteiger partial charge in [-0.1, -0.05) is 24.3 Å². The molecule has 0 bridgehead atoms. The molecule has 0 spiro atoms. The summed E-state index contributed by atoms with van der Waals surface area (Å²) in [6.07, 6.45) is 12.0. The molecule has 1 aliphatic carbocycles. The molecule has 1 aromatic carbocycles. The SMILES string of the molecule is CC(=O)N1CCC(CC(O)Cc2ccc3c(c2)CCN(C2=CC=C2)CC3)CC1. The van der Waals surface area contributed by atoms with E-state index >= 15 is 0 Å². The third-order valence-electron chi connectivity index (χ3n) is 6.61. The highest BCUT2D eigenvalue weighted by atomic mass is 16.3. The van der Waals surface area contributed by atoms with E-state index in [0.717, 1.165) is 64.7 Å². The van der Waals surface area contributed by atoms with Crippen molar-refractivity contribution in [1.29, 1.82) is 0 Å². The lowest BCUT2D eigenvalue weighted by molar-refractivity contribution is -0.130. The number of fused-ring (bicyclic) bond motifs is 1. The van der Waals surface area contributed by atoms with Crippen LogP contribution < -0.4 is 0 Å². The largest absolute Gasteiger partial charge is 0.393 e. The second-order valence-electron chi connectivity index (χ2n) is 8.58. The van der Waals surface area contributed by atoms with E-state index in [0.29, 0.717) is 5.92 Å². The topological polar surface area (TPSA) is 43.8 Å². The fourth-order valence-electron chi connectivity index (χ4n) is 4.78. The normalized spacial score (nSPS) is 20.9. The first-order valence-electron chi connectivity index (χ1n) is 10.8. The zero-order chi connectivity index (χ0) is 19.5. The van der Waals surface area contributed by atoms with Crippen molar-refractivity contribution in [2.75, 3.05) is 26.2 Å². The second-order valence-corrected chi connectivity index (χ2v) is 8.58. The van der Waals surface area contributed by atoms with Crippen molar-refractivity contribution in [2.24, 2.45) is 5.92 Å². The van der Waals surface area contributed by atoms with Gasteiger partial charge in [0, 0.05) is 38.8 Å². The quantitative estimate of drug-likeness (QED) is 0.854. The summed E-state index contributed by atoms with van der Waals surface area (Å²) in [6.45, 7) is 5.49. The average molecular weight is 381 g/mol. The fourth-order valence-corrected chi connectivity index (χ4v) is 4.78. The van der Waals surface area contributed by atoms with E-state index in [1.165, 1.54) is 22.4 Å². The lowest BCUT2D eigenvalue weighted by Gasteiger charge is -2.32. The molecule has 4 nitrogen and oxygen atoms in total. The van der Waals surface area contributed by atoms with Crippen LogP contribution in [0.3, 0.4) is 0 Å². The Balaban J connectivity index is 1.30. The number of nitrogens with zero attached hydrogens (tertiary/aromatic N) is 2. The van der Waals surface area contributed by atoms with E-state index in [9.17, 15) is 9.90 Å². The van der Waals surface area contributed by atoms with Gasteiger partial charge in [0.05, 0.1) is 6.10 Å². The van der Waals surface area contributed by atoms with Crippen molar-refractivity contribution in [2.45, 2.75) is 51.6 Å². The van der Waals surface area contributed by atoms with E-state index in [1.54, 1.807) is 6.92 Å². The van der Waals surface area contributed by atoms with Gasteiger partial charge in [-0.05, 0) is 73.3 Å². The van der Waals surface area contributed by atoms with Crippen LogP contribution in [-0.2, 0) is 24.1 Å². The summed E-state index contributed by atoms with van der Waals surface area (Å²) < 4.78 is 0. The van der Waals surface area contributed by atoms with Crippen LogP contribution in [0.15, 0.2) is 42.1 Å². The van der Waals surface area contributed by atoms with Gasteiger partial charge in [-0.2, -0.15) is 0 Å². The van der Waals surface area contributed by atoms with Gasteiger partial charge < -0.3 is 14.9 Å². The molecular weight excluding hydrogens is 348 g/mol. The van der Waals surface area contributed by atoms with Crippen LogP contribution >= 0.6 is 0 Å². The first kappa shape index (κ1) is 19.3. The number of aliphatic hydroxyl groups excluding tert-OH is 1. The number of benzene rings is 1. The van der Waals surface area contributed by atoms with E-state index in [2.05, 4.69) is 41.3 Å². The maximum atomic E-state index is 11.5. The van der Waals surface area contributed by atoms with Crippen LogP contribution in [0, 0.1) is 5.92 Å². The molecular formula is C24H32N2O2. The predicted octanol–water partition coefficient (Wildman–Crippen LogP) is 3.09. The maximum absolute atomic E-state index is 11.5. The smallest absolute Gasteiger partial charge is 0.219 e.